The van der Waals surface area contributed by atoms with Crippen LogP contribution >= 0.6 is 0 Å². The molecular weight excluding hydrogens is 172 g/mol. The normalized spacial score (nSPS) is 25.7. The van der Waals surface area contributed by atoms with Gasteiger partial charge in [-0.2, -0.15) is 0 Å². The van der Waals surface area contributed by atoms with Gasteiger partial charge in [0.15, 0.2) is 0 Å². The van der Waals surface area contributed by atoms with Crippen LogP contribution in [0.25, 0.3) is 0 Å². The van der Waals surface area contributed by atoms with Crippen LogP contribution in [0.15, 0.2) is 12.7 Å². The maximum Gasteiger partial charge on any atom is 0.136 e. The van der Waals surface area contributed by atoms with Gasteiger partial charge in [-0.15, -0.1) is 6.58 Å². The second-order valence-electron chi connectivity index (χ2n) is 5.25. The molecule has 0 aromatic carbocycles. The summed E-state index contributed by atoms with van der Waals surface area (Å²) in [6.45, 7) is 8.21. The number of ketones is 1. The molecular formula is C13H22O. The molecule has 1 saturated carbocycles. The van der Waals surface area contributed by atoms with Crippen molar-refractivity contribution in [3.05, 3.63) is 12.7 Å². The Morgan fingerprint density at radius 1 is 1.57 bits per heavy atom. The van der Waals surface area contributed by atoms with Crippen molar-refractivity contribution < 1.29 is 4.79 Å². The summed E-state index contributed by atoms with van der Waals surface area (Å²) in [5.41, 5.74) is 0.382. The van der Waals surface area contributed by atoms with Crippen molar-refractivity contribution in [2.45, 2.75) is 52.4 Å². The number of hydrogen-bond acceptors (Lipinski definition) is 1. The van der Waals surface area contributed by atoms with Crippen molar-refractivity contribution in [3.8, 4) is 0 Å². The molecule has 0 spiro atoms. The summed E-state index contributed by atoms with van der Waals surface area (Å²) >= 11 is 0. The van der Waals surface area contributed by atoms with Gasteiger partial charge in [-0.05, 0) is 31.1 Å². The van der Waals surface area contributed by atoms with E-state index in [2.05, 4.69) is 20.4 Å². The van der Waals surface area contributed by atoms with Gasteiger partial charge in [-0.1, -0.05) is 26.3 Å². The number of allylic oxidation sites excluding steroid dienone is 1. The van der Waals surface area contributed by atoms with Gasteiger partial charge in [0.25, 0.3) is 0 Å². The maximum absolute atomic E-state index is 11.8. The highest BCUT2D eigenvalue weighted by molar-refractivity contribution is 5.81. The van der Waals surface area contributed by atoms with Gasteiger partial charge in [-0.3, -0.25) is 4.79 Å². The largest absolute Gasteiger partial charge is 0.299 e. The lowest BCUT2D eigenvalue weighted by molar-refractivity contribution is -0.124. The predicted octanol–water partition coefficient (Wildman–Crippen LogP) is 3.74. The van der Waals surface area contributed by atoms with E-state index in [1.165, 1.54) is 12.8 Å². The number of carbonyl (C=O) groups is 1. The van der Waals surface area contributed by atoms with Gasteiger partial charge in [0.1, 0.15) is 5.78 Å². The Labute approximate surface area is 87.6 Å². The highest BCUT2D eigenvalue weighted by Crippen LogP contribution is 2.39. The molecule has 1 unspecified atom stereocenters. The third-order valence-electron chi connectivity index (χ3n) is 3.26. The van der Waals surface area contributed by atoms with Gasteiger partial charge in [-0.25, -0.2) is 0 Å². The maximum atomic E-state index is 11.8. The van der Waals surface area contributed by atoms with Crippen LogP contribution in [0.1, 0.15) is 52.4 Å². The van der Waals surface area contributed by atoms with Crippen LogP contribution in [0, 0.1) is 11.3 Å². The van der Waals surface area contributed by atoms with E-state index < -0.39 is 0 Å². The lowest BCUT2D eigenvalue weighted by Gasteiger charge is -2.34. The van der Waals surface area contributed by atoms with Gasteiger partial charge < -0.3 is 0 Å². The molecule has 0 N–H and O–H groups in total. The molecule has 0 saturated heterocycles. The zero-order valence-electron chi connectivity index (χ0n) is 9.51. The molecule has 1 fully saturated rings. The Bertz CT molecular complexity index is 215. The van der Waals surface area contributed by atoms with E-state index >= 15 is 0 Å². The van der Waals surface area contributed by atoms with E-state index in [9.17, 15) is 4.79 Å². The minimum Gasteiger partial charge on any atom is -0.299 e. The zero-order valence-corrected chi connectivity index (χ0v) is 9.51. The van der Waals surface area contributed by atoms with E-state index in [-0.39, 0.29) is 0 Å². The summed E-state index contributed by atoms with van der Waals surface area (Å²) < 4.78 is 0. The molecule has 0 radical (unpaired) electrons. The Morgan fingerprint density at radius 2 is 2.29 bits per heavy atom. The summed E-state index contributed by atoms with van der Waals surface area (Å²) in [7, 11) is 0. The summed E-state index contributed by atoms with van der Waals surface area (Å²) in [4.78, 5) is 11.8. The summed E-state index contributed by atoms with van der Waals surface area (Å²) in [5, 5.41) is 0. The molecule has 14 heavy (non-hydrogen) atoms. The van der Waals surface area contributed by atoms with Crippen LogP contribution in [0.2, 0.25) is 0 Å². The minimum atomic E-state index is 0.332. The highest BCUT2D eigenvalue weighted by atomic mass is 16.1. The first kappa shape index (κ1) is 11.5. The van der Waals surface area contributed by atoms with Crippen molar-refractivity contribution >= 4 is 5.78 Å². The van der Waals surface area contributed by atoms with Crippen LogP contribution in [0.3, 0.4) is 0 Å². The van der Waals surface area contributed by atoms with Gasteiger partial charge in [0.05, 0.1) is 0 Å². The van der Waals surface area contributed by atoms with Crippen LogP contribution < -0.4 is 0 Å². The molecule has 0 aromatic heterocycles. The molecule has 0 amide bonds. The van der Waals surface area contributed by atoms with Crippen LogP contribution in [-0.2, 0) is 4.79 Å². The van der Waals surface area contributed by atoms with Crippen molar-refractivity contribution in [2.24, 2.45) is 11.3 Å². The zero-order chi connectivity index (χ0) is 10.6. The van der Waals surface area contributed by atoms with Crippen LogP contribution in [-0.4, -0.2) is 5.78 Å². The Balaban J connectivity index is 2.43. The van der Waals surface area contributed by atoms with Crippen molar-refractivity contribution in [1.29, 1.82) is 0 Å². The smallest absolute Gasteiger partial charge is 0.136 e. The van der Waals surface area contributed by atoms with E-state index in [1.807, 2.05) is 6.08 Å². The predicted molar refractivity (Wildman–Crippen MR) is 60.2 cm³/mol. The molecule has 1 nitrogen and oxygen atoms in total. The topological polar surface area (TPSA) is 17.1 Å². The molecule has 80 valence electrons. The molecule has 1 heteroatoms. The molecule has 1 aliphatic rings. The highest BCUT2D eigenvalue weighted by Gasteiger charge is 2.31. The number of carbonyl (C=O) groups excluding carboxylic acids is 1. The fourth-order valence-electron chi connectivity index (χ4n) is 2.42. The second kappa shape index (κ2) is 4.77. The average molecular weight is 194 g/mol. The van der Waals surface area contributed by atoms with E-state index in [0.717, 1.165) is 19.3 Å². The minimum absolute atomic E-state index is 0.332. The van der Waals surface area contributed by atoms with Crippen molar-refractivity contribution in [1.82, 2.24) is 0 Å². The SMILES string of the molecule is C=CCCC(=O)C1CCCC(C)(C)C1. The Hall–Kier alpha value is -0.590. The fraction of sp³-hybridized carbons (Fsp3) is 0.769. The molecule has 0 heterocycles. The number of hydrogen-bond donors (Lipinski definition) is 0. The first-order valence-electron chi connectivity index (χ1n) is 5.69. The van der Waals surface area contributed by atoms with Crippen molar-refractivity contribution in [2.75, 3.05) is 0 Å². The average Bonchev–Trinajstić information content (AvgIpc) is 2.12. The molecule has 1 rings (SSSR count). The van der Waals surface area contributed by atoms with Crippen molar-refractivity contribution in [3.63, 3.8) is 0 Å². The molecule has 0 bridgehead atoms. The monoisotopic (exact) mass is 194 g/mol. The quantitative estimate of drug-likeness (QED) is 0.623. The van der Waals surface area contributed by atoms with E-state index in [0.29, 0.717) is 23.5 Å². The summed E-state index contributed by atoms with van der Waals surface area (Å²) in [6, 6.07) is 0. The van der Waals surface area contributed by atoms with E-state index in [1.54, 1.807) is 0 Å². The number of Topliss-reactive ketones (excluding diaryl/α,β-unsaturated/α-hetero) is 1. The first-order valence-corrected chi connectivity index (χ1v) is 5.69. The van der Waals surface area contributed by atoms with Crippen LogP contribution in [0.4, 0.5) is 0 Å². The third-order valence-corrected chi connectivity index (χ3v) is 3.26. The summed E-state index contributed by atoms with van der Waals surface area (Å²) in [6.07, 6.45) is 8.07. The van der Waals surface area contributed by atoms with Crippen LogP contribution in [0.5, 0.6) is 0 Å². The first-order chi connectivity index (χ1) is 6.55. The molecule has 0 aliphatic heterocycles. The fourth-order valence-corrected chi connectivity index (χ4v) is 2.42. The lowest BCUT2D eigenvalue weighted by atomic mass is 9.70. The standard InChI is InChI=1S/C13H22O/c1-4-5-8-12(14)11-7-6-9-13(2,3)10-11/h4,11H,1,5-10H2,2-3H3. The Kier molecular flexibility index (Phi) is 3.91. The van der Waals surface area contributed by atoms with Gasteiger partial charge >= 0.3 is 0 Å². The Morgan fingerprint density at radius 3 is 2.86 bits per heavy atom. The van der Waals surface area contributed by atoms with Gasteiger partial charge in [0, 0.05) is 12.3 Å². The summed E-state index contributed by atoms with van der Waals surface area (Å²) in [5.74, 6) is 0.788. The third kappa shape index (κ3) is 3.28. The van der Waals surface area contributed by atoms with Gasteiger partial charge in [0.2, 0.25) is 0 Å². The second-order valence-corrected chi connectivity index (χ2v) is 5.25. The molecule has 1 aliphatic carbocycles. The molecule has 1 atom stereocenters. The molecule has 0 aromatic rings. The number of rotatable bonds is 4. The lowest BCUT2D eigenvalue weighted by Crippen LogP contribution is -2.27. The van der Waals surface area contributed by atoms with E-state index in [4.69, 9.17) is 0 Å².